The van der Waals surface area contributed by atoms with Gasteiger partial charge in [-0.3, -0.25) is 23.9 Å². The first kappa shape index (κ1) is 21.0. The lowest BCUT2D eigenvalue weighted by Gasteiger charge is -2.26. The van der Waals surface area contributed by atoms with Crippen molar-refractivity contribution in [3.05, 3.63) is 57.6 Å². The zero-order chi connectivity index (χ0) is 20.6. The van der Waals surface area contributed by atoms with Crippen LogP contribution in [0.2, 0.25) is 0 Å². The molecule has 0 radical (unpaired) electrons. The minimum Gasteiger partial charge on any atom is -0.379 e. The highest BCUT2D eigenvalue weighted by Crippen LogP contribution is 2.11. The fourth-order valence-electron chi connectivity index (χ4n) is 3.56. The number of carbonyl (C=O) groups excluding carboxylic acids is 1. The topological polar surface area (TPSA) is 85.6 Å². The van der Waals surface area contributed by atoms with Crippen LogP contribution in [0.25, 0.3) is 11.0 Å². The van der Waals surface area contributed by atoms with E-state index in [1.807, 2.05) is 12.1 Å². The van der Waals surface area contributed by atoms with Crippen molar-refractivity contribution >= 4 is 16.9 Å². The molecule has 0 spiro atoms. The number of aromatic nitrogens is 2. The van der Waals surface area contributed by atoms with Crippen LogP contribution in [0, 0.1) is 0 Å². The third-order valence-corrected chi connectivity index (χ3v) is 5.09. The lowest BCUT2D eigenvalue weighted by Crippen LogP contribution is -2.42. The van der Waals surface area contributed by atoms with Crippen molar-refractivity contribution in [1.82, 2.24) is 19.4 Å². The minimum absolute atomic E-state index is 0.127. The molecule has 1 saturated heterocycles. The number of amides is 1. The third kappa shape index (κ3) is 5.21. The van der Waals surface area contributed by atoms with E-state index >= 15 is 0 Å². The predicted molar refractivity (Wildman–Crippen MR) is 112 cm³/mol. The van der Waals surface area contributed by atoms with Crippen molar-refractivity contribution in [3.63, 3.8) is 0 Å². The van der Waals surface area contributed by atoms with E-state index in [2.05, 4.69) is 16.8 Å². The van der Waals surface area contributed by atoms with Gasteiger partial charge in [-0.2, -0.15) is 0 Å². The monoisotopic (exact) mass is 400 g/mol. The van der Waals surface area contributed by atoms with Gasteiger partial charge in [0.25, 0.3) is 0 Å². The Labute approximate surface area is 169 Å². The molecular weight excluding hydrogens is 372 g/mol. The Morgan fingerprint density at radius 1 is 1.07 bits per heavy atom. The molecule has 0 saturated carbocycles. The molecule has 2 aromatic rings. The number of nitrogens with one attached hydrogen (secondary N) is 1. The Bertz CT molecular complexity index is 973. The highest BCUT2D eigenvalue weighted by molar-refractivity contribution is 5.77. The van der Waals surface area contributed by atoms with Crippen LogP contribution in [-0.2, 0) is 22.6 Å². The largest absolute Gasteiger partial charge is 0.379 e. The first-order chi connectivity index (χ1) is 14.1. The van der Waals surface area contributed by atoms with Gasteiger partial charge in [0.1, 0.15) is 0 Å². The fraction of sp³-hybridized carbons (Fsp3) is 0.476. The van der Waals surface area contributed by atoms with Crippen molar-refractivity contribution in [2.45, 2.75) is 25.9 Å². The van der Waals surface area contributed by atoms with Crippen LogP contribution in [0.4, 0.5) is 0 Å². The molecule has 1 N–H and O–H groups in total. The summed E-state index contributed by atoms with van der Waals surface area (Å²) in [5.74, 6) is -0.127. The highest BCUT2D eigenvalue weighted by atomic mass is 16.5. The van der Waals surface area contributed by atoms with E-state index in [0.717, 1.165) is 39.3 Å². The number of hydrogen-bond donors (Lipinski definition) is 1. The van der Waals surface area contributed by atoms with E-state index in [9.17, 15) is 14.4 Å². The molecule has 156 valence electrons. The van der Waals surface area contributed by atoms with Gasteiger partial charge in [0, 0.05) is 39.1 Å². The van der Waals surface area contributed by atoms with Crippen molar-refractivity contribution in [2.75, 3.05) is 39.4 Å². The minimum atomic E-state index is -0.620. The SMILES string of the molecule is C=CCn1c(=O)c(=O)n(CCC(=O)NCCCN2CCOCC2)c2ccccc21. The van der Waals surface area contributed by atoms with Crippen LogP contribution < -0.4 is 16.4 Å². The third-order valence-electron chi connectivity index (χ3n) is 5.09. The van der Waals surface area contributed by atoms with Crippen LogP contribution in [-0.4, -0.2) is 59.3 Å². The molecule has 8 heteroatoms. The number of allylic oxidation sites excluding steroid dienone is 1. The van der Waals surface area contributed by atoms with Crippen molar-refractivity contribution in [1.29, 1.82) is 0 Å². The number of ether oxygens (including phenoxy) is 1. The molecule has 1 aromatic heterocycles. The molecule has 0 aliphatic carbocycles. The van der Waals surface area contributed by atoms with Gasteiger partial charge in [-0.05, 0) is 25.1 Å². The second-order valence-corrected chi connectivity index (χ2v) is 7.06. The van der Waals surface area contributed by atoms with Gasteiger partial charge in [-0.25, -0.2) is 0 Å². The number of rotatable bonds is 9. The van der Waals surface area contributed by atoms with E-state index in [1.165, 1.54) is 9.13 Å². The molecule has 1 fully saturated rings. The first-order valence-corrected chi connectivity index (χ1v) is 10.0. The number of benzene rings is 1. The Balaban J connectivity index is 1.60. The molecule has 3 rings (SSSR count). The van der Waals surface area contributed by atoms with Gasteiger partial charge in [-0.15, -0.1) is 6.58 Å². The van der Waals surface area contributed by atoms with Crippen LogP contribution in [0.1, 0.15) is 12.8 Å². The van der Waals surface area contributed by atoms with Gasteiger partial charge < -0.3 is 14.6 Å². The molecule has 1 aliphatic heterocycles. The van der Waals surface area contributed by atoms with E-state index in [-0.39, 0.29) is 25.4 Å². The van der Waals surface area contributed by atoms with Crippen LogP contribution in [0.5, 0.6) is 0 Å². The van der Waals surface area contributed by atoms with E-state index in [4.69, 9.17) is 4.74 Å². The zero-order valence-electron chi connectivity index (χ0n) is 16.6. The number of aryl methyl sites for hydroxylation is 1. The Morgan fingerprint density at radius 2 is 1.72 bits per heavy atom. The zero-order valence-corrected chi connectivity index (χ0v) is 16.6. The molecule has 2 heterocycles. The second kappa shape index (κ2) is 10.2. The number of carbonyl (C=O) groups is 1. The number of morpholine rings is 1. The molecule has 1 aromatic carbocycles. The van der Waals surface area contributed by atoms with E-state index in [1.54, 1.807) is 18.2 Å². The summed E-state index contributed by atoms with van der Waals surface area (Å²) in [6, 6.07) is 7.21. The van der Waals surface area contributed by atoms with Crippen molar-refractivity contribution in [2.24, 2.45) is 0 Å². The summed E-state index contributed by atoms with van der Waals surface area (Å²) in [7, 11) is 0. The molecule has 1 amide bonds. The Hall–Kier alpha value is -2.71. The van der Waals surface area contributed by atoms with E-state index in [0.29, 0.717) is 17.6 Å². The summed E-state index contributed by atoms with van der Waals surface area (Å²) in [4.78, 5) is 39.6. The quantitative estimate of drug-likeness (QED) is 0.378. The summed E-state index contributed by atoms with van der Waals surface area (Å²) in [5.41, 5.74) is 0.0715. The smallest absolute Gasteiger partial charge is 0.317 e. The normalized spacial score (nSPS) is 14.8. The maximum absolute atomic E-state index is 12.6. The molecular formula is C21H28N4O4. The highest BCUT2D eigenvalue weighted by Gasteiger charge is 2.13. The molecule has 0 atom stereocenters. The van der Waals surface area contributed by atoms with Gasteiger partial charge >= 0.3 is 11.1 Å². The van der Waals surface area contributed by atoms with Gasteiger partial charge in [0.15, 0.2) is 0 Å². The lowest BCUT2D eigenvalue weighted by atomic mass is 10.2. The molecule has 1 aliphatic rings. The molecule has 0 bridgehead atoms. The van der Waals surface area contributed by atoms with Crippen LogP contribution in [0.15, 0.2) is 46.5 Å². The summed E-state index contributed by atoms with van der Waals surface area (Å²) in [5, 5.41) is 2.90. The Morgan fingerprint density at radius 3 is 2.41 bits per heavy atom. The molecule has 29 heavy (non-hydrogen) atoms. The summed E-state index contributed by atoms with van der Waals surface area (Å²) >= 11 is 0. The predicted octanol–water partition coefficient (Wildman–Crippen LogP) is 0.578. The molecule has 0 unspecified atom stereocenters. The Kier molecular flexibility index (Phi) is 7.37. The summed E-state index contributed by atoms with van der Waals surface area (Å²) in [6.45, 7) is 8.99. The number of para-hydroxylation sites is 2. The van der Waals surface area contributed by atoms with Crippen molar-refractivity contribution in [3.8, 4) is 0 Å². The number of fused-ring (bicyclic) bond motifs is 1. The molecule has 8 nitrogen and oxygen atoms in total. The maximum atomic E-state index is 12.6. The van der Waals surface area contributed by atoms with E-state index < -0.39 is 11.1 Å². The maximum Gasteiger partial charge on any atom is 0.317 e. The average Bonchev–Trinajstić information content (AvgIpc) is 2.75. The second-order valence-electron chi connectivity index (χ2n) is 7.06. The number of nitrogens with zero attached hydrogens (tertiary/aromatic N) is 3. The fourth-order valence-corrected chi connectivity index (χ4v) is 3.56. The van der Waals surface area contributed by atoms with Gasteiger partial charge in [-0.1, -0.05) is 18.2 Å². The average molecular weight is 400 g/mol. The summed E-state index contributed by atoms with van der Waals surface area (Å²) < 4.78 is 8.12. The first-order valence-electron chi connectivity index (χ1n) is 10.0. The van der Waals surface area contributed by atoms with Crippen molar-refractivity contribution < 1.29 is 9.53 Å². The standard InChI is InChI=1S/C21H28N4O4/c1-2-10-24-17-6-3-4-7-18(17)25(21(28)20(24)27)12-8-19(26)22-9-5-11-23-13-15-29-16-14-23/h2-4,6-7H,1,5,8-16H2,(H,22,26). The van der Waals surface area contributed by atoms with Crippen LogP contribution in [0.3, 0.4) is 0 Å². The van der Waals surface area contributed by atoms with Gasteiger partial charge in [0.05, 0.1) is 24.2 Å². The lowest BCUT2D eigenvalue weighted by molar-refractivity contribution is -0.121. The summed E-state index contributed by atoms with van der Waals surface area (Å²) in [6.07, 6.45) is 2.60. The van der Waals surface area contributed by atoms with Gasteiger partial charge in [0.2, 0.25) is 5.91 Å². The van der Waals surface area contributed by atoms with Crippen LogP contribution >= 0.6 is 0 Å². The number of hydrogen-bond acceptors (Lipinski definition) is 5.